The molecule has 2 N–H and O–H groups in total. The van der Waals surface area contributed by atoms with E-state index in [1.807, 2.05) is 30.3 Å². The highest BCUT2D eigenvalue weighted by atomic mass is 16.5. The van der Waals surface area contributed by atoms with Gasteiger partial charge in [-0.2, -0.15) is 0 Å². The molecule has 3 rings (SSSR count). The average Bonchev–Trinajstić information content (AvgIpc) is 2.89. The van der Waals surface area contributed by atoms with E-state index < -0.39 is 11.8 Å². The summed E-state index contributed by atoms with van der Waals surface area (Å²) in [5.41, 5.74) is 6.01. The minimum absolute atomic E-state index is 0.276. The first kappa shape index (κ1) is 24.2. The zero-order chi connectivity index (χ0) is 24.2. The lowest BCUT2D eigenvalue weighted by atomic mass is 10.2. The third-order valence-corrected chi connectivity index (χ3v) is 4.54. The van der Waals surface area contributed by atoms with E-state index in [2.05, 4.69) is 17.4 Å². The molecule has 0 radical (unpaired) electrons. The summed E-state index contributed by atoms with van der Waals surface area (Å²) in [4.78, 5) is 24.4. The first-order valence-corrected chi connectivity index (χ1v) is 10.5. The number of amides is 2. The van der Waals surface area contributed by atoms with Crippen LogP contribution in [0, 0.1) is 0 Å². The Morgan fingerprint density at radius 3 is 2.24 bits per heavy atom. The topological polar surface area (TPSA) is 95.1 Å². The van der Waals surface area contributed by atoms with Gasteiger partial charge in [0, 0.05) is 5.56 Å². The van der Waals surface area contributed by atoms with Crippen LogP contribution >= 0.6 is 0 Å². The minimum Gasteiger partial charge on any atom is -0.493 e. The molecule has 0 bridgehead atoms. The molecule has 0 aliphatic carbocycles. The molecule has 0 saturated heterocycles. The number of methoxy groups -OCH3 is 1. The molecule has 0 aliphatic heterocycles. The minimum atomic E-state index is -0.518. The Morgan fingerprint density at radius 2 is 1.56 bits per heavy atom. The van der Waals surface area contributed by atoms with Crippen LogP contribution in [0.5, 0.6) is 23.0 Å². The molecule has 34 heavy (non-hydrogen) atoms. The van der Waals surface area contributed by atoms with Crippen molar-refractivity contribution >= 4 is 11.8 Å². The van der Waals surface area contributed by atoms with Gasteiger partial charge in [0.25, 0.3) is 11.8 Å². The van der Waals surface area contributed by atoms with Gasteiger partial charge in [-0.3, -0.25) is 20.4 Å². The molecule has 0 fully saturated rings. The Hall–Kier alpha value is -4.46. The lowest BCUT2D eigenvalue weighted by molar-refractivity contribution is -0.123. The fraction of sp³-hybridized carbons (Fsp3) is 0.154. The molecule has 0 spiro atoms. The van der Waals surface area contributed by atoms with Crippen molar-refractivity contribution in [1.29, 1.82) is 0 Å². The number of ether oxygens (including phenoxy) is 4. The van der Waals surface area contributed by atoms with Crippen molar-refractivity contribution in [3.8, 4) is 23.0 Å². The van der Waals surface area contributed by atoms with Crippen molar-refractivity contribution in [2.24, 2.45) is 0 Å². The van der Waals surface area contributed by atoms with Gasteiger partial charge in [0.05, 0.1) is 7.11 Å². The van der Waals surface area contributed by atoms with Gasteiger partial charge in [0.2, 0.25) is 0 Å². The van der Waals surface area contributed by atoms with E-state index in [1.54, 1.807) is 42.5 Å². The monoisotopic (exact) mass is 462 g/mol. The van der Waals surface area contributed by atoms with E-state index in [0.717, 1.165) is 5.56 Å². The molecular weight excluding hydrogens is 436 g/mol. The van der Waals surface area contributed by atoms with E-state index >= 15 is 0 Å². The van der Waals surface area contributed by atoms with Gasteiger partial charge in [0.15, 0.2) is 18.1 Å². The van der Waals surface area contributed by atoms with Crippen LogP contribution in [0.2, 0.25) is 0 Å². The molecule has 0 atom stereocenters. The third-order valence-electron chi connectivity index (χ3n) is 4.54. The normalized spacial score (nSPS) is 10.0. The first-order valence-electron chi connectivity index (χ1n) is 10.5. The molecule has 0 saturated carbocycles. The fourth-order valence-electron chi connectivity index (χ4n) is 2.83. The molecule has 176 valence electrons. The summed E-state index contributed by atoms with van der Waals surface area (Å²) >= 11 is 0. The van der Waals surface area contributed by atoms with Crippen molar-refractivity contribution in [2.75, 3.05) is 20.3 Å². The number of hydrogen-bond acceptors (Lipinski definition) is 6. The van der Waals surface area contributed by atoms with E-state index in [0.29, 0.717) is 36.2 Å². The summed E-state index contributed by atoms with van der Waals surface area (Å²) in [6.07, 6.45) is 1.60. The Kier molecular flexibility index (Phi) is 8.92. The number of carbonyl (C=O) groups is 2. The van der Waals surface area contributed by atoms with E-state index in [1.165, 1.54) is 13.2 Å². The molecule has 2 amide bonds. The maximum atomic E-state index is 12.3. The van der Waals surface area contributed by atoms with Crippen LogP contribution < -0.4 is 29.8 Å². The number of nitrogens with one attached hydrogen (secondary N) is 2. The van der Waals surface area contributed by atoms with Crippen molar-refractivity contribution in [3.63, 3.8) is 0 Å². The molecular formula is C26H26N2O6. The summed E-state index contributed by atoms with van der Waals surface area (Å²) in [7, 11) is 1.47. The van der Waals surface area contributed by atoms with Gasteiger partial charge in [0.1, 0.15) is 24.7 Å². The van der Waals surface area contributed by atoms with Crippen LogP contribution in [0.3, 0.4) is 0 Å². The summed E-state index contributed by atoms with van der Waals surface area (Å²) in [6, 6.07) is 21.4. The van der Waals surface area contributed by atoms with Crippen molar-refractivity contribution in [2.45, 2.75) is 6.61 Å². The molecule has 0 unspecified atom stereocenters. The second-order valence-corrected chi connectivity index (χ2v) is 7.00. The van der Waals surface area contributed by atoms with Gasteiger partial charge in [-0.05, 0) is 48.0 Å². The van der Waals surface area contributed by atoms with E-state index in [-0.39, 0.29) is 12.2 Å². The predicted molar refractivity (Wildman–Crippen MR) is 127 cm³/mol. The Morgan fingerprint density at radius 1 is 0.853 bits per heavy atom. The number of benzene rings is 3. The van der Waals surface area contributed by atoms with Gasteiger partial charge < -0.3 is 18.9 Å². The van der Waals surface area contributed by atoms with E-state index in [9.17, 15) is 9.59 Å². The zero-order valence-electron chi connectivity index (χ0n) is 18.8. The lowest BCUT2D eigenvalue weighted by Gasteiger charge is -2.12. The average molecular weight is 463 g/mol. The number of rotatable bonds is 11. The molecule has 0 heterocycles. The standard InChI is InChI=1S/C26H26N2O6/c1-3-15-32-23-14-9-20(16-24(23)31-2)26(30)28-27-25(29)18-34-22-12-10-21(11-13-22)33-17-19-7-5-4-6-8-19/h3-14,16H,1,15,17-18H2,2H3,(H,27,29)(H,28,30). The third kappa shape index (κ3) is 7.30. The number of hydrogen-bond donors (Lipinski definition) is 2. The van der Waals surface area contributed by atoms with Gasteiger partial charge in [-0.15, -0.1) is 0 Å². The van der Waals surface area contributed by atoms with Gasteiger partial charge >= 0.3 is 0 Å². The summed E-state index contributed by atoms with van der Waals surface area (Å²) < 4.78 is 21.9. The summed E-state index contributed by atoms with van der Waals surface area (Å²) in [5, 5.41) is 0. The van der Waals surface area contributed by atoms with Crippen LogP contribution in [0.1, 0.15) is 15.9 Å². The molecule has 8 heteroatoms. The molecule has 3 aromatic rings. The quantitative estimate of drug-likeness (QED) is 0.334. The fourth-order valence-corrected chi connectivity index (χ4v) is 2.83. The lowest BCUT2D eigenvalue weighted by Crippen LogP contribution is -2.43. The van der Waals surface area contributed by atoms with Crippen LogP contribution in [0.25, 0.3) is 0 Å². The van der Waals surface area contributed by atoms with Crippen molar-refractivity contribution in [1.82, 2.24) is 10.9 Å². The maximum Gasteiger partial charge on any atom is 0.276 e. The summed E-state index contributed by atoms with van der Waals surface area (Å²) in [6.45, 7) is 4.08. The van der Waals surface area contributed by atoms with Crippen molar-refractivity contribution in [3.05, 3.63) is 96.6 Å². The smallest absolute Gasteiger partial charge is 0.276 e. The van der Waals surface area contributed by atoms with Gasteiger partial charge in [-0.1, -0.05) is 43.0 Å². The number of hydrazine groups is 1. The Balaban J connectivity index is 1.42. The first-order chi connectivity index (χ1) is 16.6. The van der Waals surface area contributed by atoms with Crippen molar-refractivity contribution < 1.29 is 28.5 Å². The Bertz CT molecular complexity index is 1100. The number of carbonyl (C=O) groups excluding carboxylic acids is 2. The zero-order valence-corrected chi connectivity index (χ0v) is 18.8. The van der Waals surface area contributed by atoms with Gasteiger partial charge in [-0.25, -0.2) is 0 Å². The van der Waals surface area contributed by atoms with Crippen LogP contribution in [0.4, 0.5) is 0 Å². The second-order valence-electron chi connectivity index (χ2n) is 7.00. The van der Waals surface area contributed by atoms with Crippen LogP contribution in [-0.2, 0) is 11.4 Å². The second kappa shape index (κ2) is 12.5. The van der Waals surface area contributed by atoms with Crippen LogP contribution in [-0.4, -0.2) is 32.1 Å². The molecule has 0 aromatic heterocycles. The molecule has 0 aliphatic rings. The highest BCUT2D eigenvalue weighted by Gasteiger charge is 2.12. The SMILES string of the molecule is C=CCOc1ccc(C(=O)NNC(=O)COc2ccc(OCc3ccccc3)cc2)cc1OC. The Labute approximate surface area is 198 Å². The highest BCUT2D eigenvalue weighted by Crippen LogP contribution is 2.28. The summed E-state index contributed by atoms with van der Waals surface area (Å²) in [5.74, 6) is 1.02. The van der Waals surface area contributed by atoms with E-state index in [4.69, 9.17) is 18.9 Å². The molecule has 3 aromatic carbocycles. The molecule has 8 nitrogen and oxygen atoms in total. The predicted octanol–water partition coefficient (Wildman–Crippen LogP) is 3.68. The highest BCUT2D eigenvalue weighted by molar-refractivity contribution is 5.96. The largest absolute Gasteiger partial charge is 0.493 e. The van der Waals surface area contributed by atoms with Crippen LogP contribution in [0.15, 0.2) is 85.5 Å². The maximum absolute atomic E-state index is 12.3.